The van der Waals surface area contributed by atoms with Crippen LogP contribution in [-0.2, 0) is 4.74 Å². The molecule has 0 fully saturated rings. The molecule has 0 atom stereocenters. The van der Waals surface area contributed by atoms with Crippen molar-refractivity contribution in [3.8, 4) is 11.4 Å². The zero-order valence-electron chi connectivity index (χ0n) is 11.0. The van der Waals surface area contributed by atoms with Crippen LogP contribution in [-0.4, -0.2) is 23.0 Å². The van der Waals surface area contributed by atoms with E-state index in [2.05, 4.69) is 9.97 Å². The lowest BCUT2D eigenvalue weighted by Crippen LogP contribution is -2.00. The van der Waals surface area contributed by atoms with Gasteiger partial charge in [0.1, 0.15) is 11.3 Å². The number of carbonyl (C=O) groups excluding carboxylic acids is 1. The highest BCUT2D eigenvalue weighted by atomic mass is 35.5. The number of esters is 1. The van der Waals surface area contributed by atoms with Gasteiger partial charge in [0.15, 0.2) is 0 Å². The van der Waals surface area contributed by atoms with Crippen LogP contribution in [0.1, 0.15) is 10.4 Å². The predicted octanol–water partition coefficient (Wildman–Crippen LogP) is 4.32. The number of hydrogen-bond acceptors (Lipinski definition) is 3. The summed E-state index contributed by atoms with van der Waals surface area (Å²) in [6.45, 7) is 0. The van der Waals surface area contributed by atoms with Crippen molar-refractivity contribution < 1.29 is 9.53 Å². The van der Waals surface area contributed by atoms with Gasteiger partial charge in [0, 0.05) is 10.6 Å². The number of carbonyl (C=O) groups is 1. The molecule has 0 aliphatic heterocycles. The second-order valence-electron chi connectivity index (χ2n) is 4.44. The minimum absolute atomic E-state index is 0.394. The van der Waals surface area contributed by atoms with Crippen molar-refractivity contribution in [2.75, 3.05) is 7.11 Å². The normalized spacial score (nSPS) is 10.8. The summed E-state index contributed by atoms with van der Waals surface area (Å²) in [5, 5.41) is 1.01. The minimum atomic E-state index is -0.394. The molecule has 0 saturated carbocycles. The van der Waals surface area contributed by atoms with E-state index < -0.39 is 5.97 Å². The van der Waals surface area contributed by atoms with Gasteiger partial charge < -0.3 is 9.72 Å². The van der Waals surface area contributed by atoms with Gasteiger partial charge in [-0.05, 0) is 24.3 Å². The maximum absolute atomic E-state index is 11.6. The van der Waals surface area contributed by atoms with E-state index >= 15 is 0 Å². The lowest BCUT2D eigenvalue weighted by atomic mass is 10.1. The first kappa shape index (κ1) is 13.9. The lowest BCUT2D eigenvalue weighted by molar-refractivity contribution is 0.0601. The molecule has 3 rings (SSSR count). The molecule has 0 spiro atoms. The second kappa shape index (κ2) is 5.39. The van der Waals surface area contributed by atoms with Gasteiger partial charge in [0.2, 0.25) is 0 Å². The van der Waals surface area contributed by atoms with E-state index in [0.717, 1.165) is 11.1 Å². The standard InChI is InChI=1S/C15H10Cl2N2O2/c1-21-15(20)9-4-2-3-8(5-9)14-18-12-7-10(16)6-11(17)13(12)19-14/h2-7H,1H3,(H,18,19). The van der Waals surface area contributed by atoms with Gasteiger partial charge in [-0.3, -0.25) is 0 Å². The fourth-order valence-electron chi connectivity index (χ4n) is 2.09. The van der Waals surface area contributed by atoms with E-state index in [1.807, 2.05) is 6.07 Å². The molecular weight excluding hydrogens is 311 g/mol. The summed E-state index contributed by atoms with van der Waals surface area (Å²) in [6.07, 6.45) is 0. The maximum atomic E-state index is 11.6. The van der Waals surface area contributed by atoms with Crippen LogP contribution in [0.25, 0.3) is 22.4 Å². The van der Waals surface area contributed by atoms with Gasteiger partial charge in [-0.2, -0.15) is 0 Å². The molecule has 2 aromatic carbocycles. The minimum Gasteiger partial charge on any atom is -0.465 e. The second-order valence-corrected chi connectivity index (χ2v) is 5.29. The molecule has 1 N–H and O–H groups in total. The Hall–Kier alpha value is -2.04. The molecule has 0 radical (unpaired) electrons. The van der Waals surface area contributed by atoms with Crippen LogP contribution in [0.4, 0.5) is 0 Å². The smallest absolute Gasteiger partial charge is 0.337 e. The van der Waals surface area contributed by atoms with Crippen LogP contribution in [0.2, 0.25) is 10.0 Å². The fraction of sp³-hybridized carbons (Fsp3) is 0.0667. The quantitative estimate of drug-likeness (QED) is 0.715. The summed E-state index contributed by atoms with van der Waals surface area (Å²) in [5.74, 6) is 0.217. The Morgan fingerprint density at radius 2 is 2.05 bits per heavy atom. The zero-order valence-corrected chi connectivity index (χ0v) is 12.5. The van der Waals surface area contributed by atoms with E-state index in [0.29, 0.717) is 26.9 Å². The largest absolute Gasteiger partial charge is 0.465 e. The van der Waals surface area contributed by atoms with Gasteiger partial charge in [0.25, 0.3) is 0 Å². The number of ether oxygens (including phenoxy) is 1. The van der Waals surface area contributed by atoms with Crippen LogP contribution in [0, 0.1) is 0 Å². The highest BCUT2D eigenvalue weighted by Gasteiger charge is 2.12. The molecule has 0 unspecified atom stereocenters. The molecule has 4 nitrogen and oxygen atoms in total. The predicted molar refractivity (Wildman–Crippen MR) is 82.9 cm³/mol. The monoisotopic (exact) mass is 320 g/mol. The number of hydrogen-bond donors (Lipinski definition) is 1. The Bertz CT molecular complexity index is 843. The highest BCUT2D eigenvalue weighted by Crippen LogP contribution is 2.29. The number of fused-ring (bicyclic) bond motifs is 1. The summed E-state index contributed by atoms with van der Waals surface area (Å²) >= 11 is 12.1. The molecular formula is C15H10Cl2N2O2. The fourth-order valence-corrected chi connectivity index (χ4v) is 2.63. The van der Waals surface area contributed by atoms with Crippen molar-refractivity contribution in [2.24, 2.45) is 0 Å². The van der Waals surface area contributed by atoms with Gasteiger partial charge in [0.05, 0.1) is 23.2 Å². The summed E-state index contributed by atoms with van der Waals surface area (Å²) in [6, 6.07) is 10.4. The van der Waals surface area contributed by atoms with Crippen molar-refractivity contribution in [1.82, 2.24) is 9.97 Å². The molecule has 6 heteroatoms. The number of nitrogens with one attached hydrogen (secondary N) is 1. The molecule has 1 heterocycles. The summed E-state index contributed by atoms with van der Waals surface area (Å²) in [5.41, 5.74) is 2.60. The third-order valence-electron chi connectivity index (χ3n) is 3.06. The number of halogens is 2. The first-order valence-electron chi connectivity index (χ1n) is 6.12. The number of nitrogens with zero attached hydrogens (tertiary/aromatic N) is 1. The Morgan fingerprint density at radius 1 is 1.24 bits per heavy atom. The van der Waals surface area contributed by atoms with Crippen LogP contribution in [0.15, 0.2) is 36.4 Å². The molecule has 21 heavy (non-hydrogen) atoms. The third-order valence-corrected chi connectivity index (χ3v) is 3.57. The Morgan fingerprint density at radius 3 is 2.81 bits per heavy atom. The number of methoxy groups -OCH3 is 1. The molecule has 0 bridgehead atoms. The molecule has 3 aromatic rings. The van der Waals surface area contributed by atoms with Gasteiger partial charge >= 0.3 is 5.97 Å². The van der Waals surface area contributed by atoms with Crippen LogP contribution < -0.4 is 0 Å². The zero-order chi connectivity index (χ0) is 15.0. The number of aromatic nitrogens is 2. The molecule has 0 saturated heterocycles. The van der Waals surface area contributed by atoms with E-state index in [-0.39, 0.29) is 0 Å². The molecule has 106 valence electrons. The van der Waals surface area contributed by atoms with Crippen molar-refractivity contribution in [3.05, 3.63) is 52.0 Å². The molecule has 0 aliphatic rings. The SMILES string of the molecule is COC(=O)c1cccc(-c2nc3c(Cl)cc(Cl)cc3[nH]2)c1. The Labute approximate surface area is 130 Å². The van der Waals surface area contributed by atoms with Crippen molar-refractivity contribution in [3.63, 3.8) is 0 Å². The number of aromatic amines is 1. The third kappa shape index (κ3) is 2.60. The first-order chi connectivity index (χ1) is 10.1. The first-order valence-corrected chi connectivity index (χ1v) is 6.87. The molecule has 0 amide bonds. The van der Waals surface area contributed by atoms with Crippen molar-refractivity contribution in [1.29, 1.82) is 0 Å². The summed E-state index contributed by atoms with van der Waals surface area (Å²) < 4.78 is 4.71. The highest BCUT2D eigenvalue weighted by molar-refractivity contribution is 6.38. The van der Waals surface area contributed by atoms with Gasteiger partial charge in [-0.15, -0.1) is 0 Å². The topological polar surface area (TPSA) is 55.0 Å². The Kier molecular flexibility index (Phi) is 3.57. The average Bonchev–Trinajstić information content (AvgIpc) is 2.91. The molecule has 1 aromatic heterocycles. The number of rotatable bonds is 2. The van der Waals surface area contributed by atoms with E-state index in [4.69, 9.17) is 27.9 Å². The number of benzene rings is 2. The van der Waals surface area contributed by atoms with Crippen LogP contribution in [0.5, 0.6) is 0 Å². The van der Waals surface area contributed by atoms with E-state index in [1.54, 1.807) is 30.3 Å². The van der Waals surface area contributed by atoms with E-state index in [1.165, 1.54) is 7.11 Å². The maximum Gasteiger partial charge on any atom is 0.337 e. The molecule has 0 aliphatic carbocycles. The Balaban J connectivity index is 2.12. The summed E-state index contributed by atoms with van der Waals surface area (Å²) in [4.78, 5) is 19.2. The summed E-state index contributed by atoms with van der Waals surface area (Å²) in [7, 11) is 1.35. The average molecular weight is 321 g/mol. The number of H-pyrrole nitrogens is 1. The van der Waals surface area contributed by atoms with Gasteiger partial charge in [-0.1, -0.05) is 35.3 Å². The van der Waals surface area contributed by atoms with Gasteiger partial charge in [-0.25, -0.2) is 9.78 Å². The van der Waals surface area contributed by atoms with Crippen molar-refractivity contribution in [2.45, 2.75) is 0 Å². The van der Waals surface area contributed by atoms with Crippen LogP contribution in [0.3, 0.4) is 0 Å². The van der Waals surface area contributed by atoms with Crippen LogP contribution >= 0.6 is 23.2 Å². The lowest BCUT2D eigenvalue weighted by Gasteiger charge is -2.01. The number of imidazole rings is 1. The van der Waals surface area contributed by atoms with E-state index in [9.17, 15) is 4.79 Å². The van der Waals surface area contributed by atoms with Crippen molar-refractivity contribution >= 4 is 40.2 Å².